The van der Waals surface area contributed by atoms with Gasteiger partial charge in [0, 0.05) is 12.2 Å². The van der Waals surface area contributed by atoms with Crippen LogP contribution in [0.2, 0.25) is 0 Å². The summed E-state index contributed by atoms with van der Waals surface area (Å²) in [4.78, 5) is 0. The second-order valence-electron chi connectivity index (χ2n) is 4.38. The minimum atomic E-state index is -0.0104. The molecule has 1 aromatic heterocycles. The van der Waals surface area contributed by atoms with E-state index in [0.717, 1.165) is 12.1 Å². The van der Waals surface area contributed by atoms with Gasteiger partial charge in [-0.25, -0.2) is 0 Å². The highest BCUT2D eigenvalue weighted by atomic mass is 16.5. The Bertz CT molecular complexity index is 453. The molecule has 3 nitrogen and oxygen atoms in total. The first-order valence-corrected chi connectivity index (χ1v) is 6.78. The molecule has 0 aliphatic carbocycles. The Kier molecular flexibility index (Phi) is 5.19. The summed E-state index contributed by atoms with van der Waals surface area (Å²) < 4.78 is 11.2. The molecule has 0 spiro atoms. The van der Waals surface area contributed by atoms with Gasteiger partial charge in [-0.05, 0) is 25.1 Å². The summed E-state index contributed by atoms with van der Waals surface area (Å²) in [6.07, 6.45) is 3.47. The zero-order valence-corrected chi connectivity index (χ0v) is 11.5. The summed E-state index contributed by atoms with van der Waals surface area (Å²) >= 11 is 0. The van der Waals surface area contributed by atoms with Crippen molar-refractivity contribution in [2.75, 3.05) is 13.2 Å². The van der Waals surface area contributed by atoms with Gasteiger partial charge in [-0.3, -0.25) is 0 Å². The maximum Gasteiger partial charge on any atom is 0.102 e. The smallest absolute Gasteiger partial charge is 0.102 e. The quantitative estimate of drug-likeness (QED) is 0.823. The number of hydrogen-bond donors (Lipinski definition) is 1. The highest BCUT2D eigenvalue weighted by molar-refractivity contribution is 5.24. The van der Waals surface area contributed by atoms with Crippen LogP contribution in [0.1, 0.15) is 37.1 Å². The lowest BCUT2D eigenvalue weighted by Crippen LogP contribution is -2.28. The van der Waals surface area contributed by atoms with Gasteiger partial charge in [0.05, 0.1) is 18.6 Å². The molecule has 0 radical (unpaired) electrons. The van der Waals surface area contributed by atoms with Gasteiger partial charge in [0.15, 0.2) is 0 Å². The molecule has 0 saturated heterocycles. The summed E-state index contributed by atoms with van der Waals surface area (Å²) in [5.41, 5.74) is 2.29. The van der Waals surface area contributed by atoms with E-state index in [9.17, 15) is 0 Å². The molecule has 1 aromatic carbocycles. The molecule has 2 aromatic rings. The zero-order chi connectivity index (χ0) is 13.5. The van der Waals surface area contributed by atoms with E-state index < -0.39 is 0 Å². The van der Waals surface area contributed by atoms with E-state index >= 15 is 0 Å². The van der Waals surface area contributed by atoms with Crippen LogP contribution >= 0.6 is 0 Å². The third kappa shape index (κ3) is 3.46. The maximum absolute atomic E-state index is 5.96. The van der Waals surface area contributed by atoms with Crippen LogP contribution in [-0.2, 0) is 4.74 Å². The molecule has 0 amide bonds. The van der Waals surface area contributed by atoms with Crippen molar-refractivity contribution in [3.63, 3.8) is 0 Å². The summed E-state index contributed by atoms with van der Waals surface area (Å²) in [6, 6.07) is 12.4. The van der Waals surface area contributed by atoms with Crippen molar-refractivity contribution in [3.8, 4) is 0 Å². The minimum absolute atomic E-state index is 0.0104. The van der Waals surface area contributed by atoms with Crippen molar-refractivity contribution in [2.24, 2.45) is 0 Å². The van der Waals surface area contributed by atoms with Crippen LogP contribution in [0.3, 0.4) is 0 Å². The van der Waals surface area contributed by atoms with Crippen molar-refractivity contribution in [1.82, 2.24) is 5.32 Å². The molecule has 0 aliphatic rings. The molecule has 102 valence electrons. The molecule has 1 heterocycles. The monoisotopic (exact) mass is 259 g/mol. The van der Waals surface area contributed by atoms with Gasteiger partial charge in [-0.15, -0.1) is 0 Å². The highest BCUT2D eigenvalue weighted by Crippen LogP contribution is 2.32. The number of furan rings is 1. The van der Waals surface area contributed by atoms with Crippen LogP contribution < -0.4 is 5.32 Å². The Balaban J connectivity index is 2.29. The van der Waals surface area contributed by atoms with E-state index in [4.69, 9.17) is 9.15 Å². The molecular formula is C16H21NO2. The number of nitrogens with one attached hydrogen (secondary N) is 1. The average Bonchev–Trinajstić information content (AvgIpc) is 2.97. The fraction of sp³-hybridized carbons (Fsp3) is 0.375. The lowest BCUT2D eigenvalue weighted by atomic mass is 9.97. The van der Waals surface area contributed by atoms with Crippen LogP contribution in [0.25, 0.3) is 0 Å². The molecule has 2 atom stereocenters. The maximum atomic E-state index is 5.96. The van der Waals surface area contributed by atoms with Gasteiger partial charge >= 0.3 is 0 Å². The lowest BCUT2D eigenvalue weighted by molar-refractivity contribution is 0.0329. The Morgan fingerprint density at radius 3 is 2.47 bits per heavy atom. The van der Waals surface area contributed by atoms with E-state index in [-0.39, 0.29) is 12.1 Å². The Morgan fingerprint density at radius 2 is 1.89 bits per heavy atom. The molecule has 1 N–H and O–H groups in total. The van der Waals surface area contributed by atoms with Crippen LogP contribution in [0.5, 0.6) is 0 Å². The first kappa shape index (κ1) is 13.8. The minimum Gasteiger partial charge on any atom is -0.472 e. The van der Waals surface area contributed by atoms with Crippen LogP contribution in [0.4, 0.5) is 0 Å². The number of ether oxygens (including phenoxy) is 1. The van der Waals surface area contributed by atoms with Crippen LogP contribution in [0, 0.1) is 0 Å². The van der Waals surface area contributed by atoms with Crippen molar-refractivity contribution >= 4 is 0 Å². The molecule has 0 bridgehead atoms. The highest BCUT2D eigenvalue weighted by Gasteiger charge is 2.25. The third-order valence-electron chi connectivity index (χ3n) is 3.10. The molecule has 2 unspecified atom stereocenters. The largest absolute Gasteiger partial charge is 0.472 e. The fourth-order valence-corrected chi connectivity index (χ4v) is 2.28. The third-order valence-corrected chi connectivity index (χ3v) is 3.10. The van der Waals surface area contributed by atoms with E-state index in [1.54, 1.807) is 12.5 Å². The number of hydrogen-bond acceptors (Lipinski definition) is 3. The van der Waals surface area contributed by atoms with Crippen molar-refractivity contribution in [3.05, 3.63) is 60.1 Å². The standard InChI is InChI=1S/C16H21NO2/c1-3-17-15(14-10-11-18-12-14)16(19-4-2)13-8-6-5-7-9-13/h5-12,15-17H,3-4H2,1-2H3. The van der Waals surface area contributed by atoms with E-state index in [2.05, 4.69) is 24.4 Å². The first-order chi connectivity index (χ1) is 9.36. The molecule has 2 rings (SSSR count). The molecule has 0 saturated carbocycles. The number of rotatable bonds is 7. The van der Waals surface area contributed by atoms with E-state index in [1.807, 2.05) is 31.2 Å². The summed E-state index contributed by atoms with van der Waals surface area (Å²) in [7, 11) is 0. The zero-order valence-electron chi connectivity index (χ0n) is 11.5. The fourth-order valence-electron chi connectivity index (χ4n) is 2.28. The second-order valence-corrected chi connectivity index (χ2v) is 4.38. The molecule has 19 heavy (non-hydrogen) atoms. The average molecular weight is 259 g/mol. The predicted molar refractivity (Wildman–Crippen MR) is 75.9 cm³/mol. The Labute approximate surface area is 114 Å². The molecule has 0 fully saturated rings. The topological polar surface area (TPSA) is 34.4 Å². The summed E-state index contributed by atoms with van der Waals surface area (Å²) in [5.74, 6) is 0. The van der Waals surface area contributed by atoms with Gasteiger partial charge in [0.1, 0.15) is 6.10 Å². The van der Waals surface area contributed by atoms with Gasteiger partial charge in [0.25, 0.3) is 0 Å². The first-order valence-electron chi connectivity index (χ1n) is 6.78. The Hall–Kier alpha value is -1.58. The Morgan fingerprint density at radius 1 is 1.11 bits per heavy atom. The van der Waals surface area contributed by atoms with Gasteiger partial charge in [0.2, 0.25) is 0 Å². The number of likely N-dealkylation sites (N-methyl/N-ethyl adjacent to an activating group) is 1. The van der Waals surface area contributed by atoms with Crippen molar-refractivity contribution in [1.29, 1.82) is 0 Å². The second kappa shape index (κ2) is 7.12. The number of benzene rings is 1. The van der Waals surface area contributed by atoms with Gasteiger partial charge < -0.3 is 14.5 Å². The molecule has 0 aliphatic heterocycles. The molecular weight excluding hydrogens is 238 g/mol. The van der Waals surface area contributed by atoms with Gasteiger partial charge in [-0.1, -0.05) is 37.3 Å². The normalized spacial score (nSPS) is 14.2. The van der Waals surface area contributed by atoms with E-state index in [0.29, 0.717) is 6.61 Å². The lowest BCUT2D eigenvalue weighted by Gasteiger charge is -2.27. The van der Waals surface area contributed by atoms with Crippen LogP contribution in [0.15, 0.2) is 53.3 Å². The molecule has 3 heteroatoms. The van der Waals surface area contributed by atoms with Gasteiger partial charge in [-0.2, -0.15) is 0 Å². The summed E-state index contributed by atoms with van der Waals surface area (Å²) in [6.45, 7) is 5.68. The predicted octanol–water partition coefficient (Wildman–Crippen LogP) is 3.71. The van der Waals surface area contributed by atoms with E-state index in [1.165, 1.54) is 5.56 Å². The van der Waals surface area contributed by atoms with Crippen LogP contribution in [-0.4, -0.2) is 13.2 Å². The van der Waals surface area contributed by atoms with Crippen molar-refractivity contribution in [2.45, 2.75) is 26.0 Å². The summed E-state index contributed by atoms with van der Waals surface area (Å²) in [5, 5.41) is 3.48. The SMILES string of the molecule is CCNC(c1ccoc1)C(OCC)c1ccccc1. The van der Waals surface area contributed by atoms with Crippen molar-refractivity contribution < 1.29 is 9.15 Å².